The van der Waals surface area contributed by atoms with E-state index in [0.29, 0.717) is 17.4 Å². The molecule has 2 unspecified atom stereocenters. The van der Waals surface area contributed by atoms with Crippen LogP contribution in [0.5, 0.6) is 0 Å². The number of benzene rings is 1. The van der Waals surface area contributed by atoms with Gasteiger partial charge in [0.05, 0.1) is 11.3 Å². The third-order valence-electron chi connectivity index (χ3n) is 4.64. The third kappa shape index (κ3) is 2.20. The molecular formula is C16H17N5O. The summed E-state index contributed by atoms with van der Waals surface area (Å²) in [5, 5.41) is 11.2. The Hall–Kier alpha value is -2.50. The van der Waals surface area contributed by atoms with Crippen molar-refractivity contribution in [2.24, 2.45) is 11.8 Å². The van der Waals surface area contributed by atoms with E-state index in [1.807, 2.05) is 29.2 Å². The lowest BCUT2D eigenvalue weighted by molar-refractivity contribution is 0.0784. The molecule has 6 heteroatoms. The minimum absolute atomic E-state index is 0.0699. The molecule has 0 bridgehead atoms. The van der Waals surface area contributed by atoms with E-state index in [2.05, 4.69) is 27.7 Å². The maximum Gasteiger partial charge on any atom is 0.256 e. The molecule has 4 rings (SSSR count). The summed E-state index contributed by atoms with van der Waals surface area (Å²) in [5.41, 5.74) is 1.38. The Labute approximate surface area is 128 Å². The number of tetrazole rings is 1. The zero-order chi connectivity index (χ0) is 14.9. The molecule has 0 radical (unpaired) electrons. The Morgan fingerprint density at radius 2 is 1.82 bits per heavy atom. The van der Waals surface area contributed by atoms with E-state index < -0.39 is 0 Å². The van der Waals surface area contributed by atoms with Gasteiger partial charge in [0, 0.05) is 13.1 Å². The lowest BCUT2D eigenvalue weighted by Gasteiger charge is -2.18. The number of allylic oxidation sites excluding steroid dienone is 2. The van der Waals surface area contributed by atoms with E-state index >= 15 is 0 Å². The van der Waals surface area contributed by atoms with Gasteiger partial charge in [-0.2, -0.15) is 4.68 Å². The molecule has 2 aromatic rings. The van der Waals surface area contributed by atoms with Crippen LogP contribution in [0.3, 0.4) is 0 Å². The smallest absolute Gasteiger partial charge is 0.256 e. The maximum absolute atomic E-state index is 12.9. The predicted octanol–water partition coefficient (Wildman–Crippen LogP) is 1.70. The van der Waals surface area contributed by atoms with Gasteiger partial charge in [0.15, 0.2) is 0 Å². The van der Waals surface area contributed by atoms with Crippen LogP contribution in [0.15, 0.2) is 42.7 Å². The van der Waals surface area contributed by atoms with E-state index in [-0.39, 0.29) is 5.91 Å². The SMILES string of the molecule is O=C(c1ccccc1-n1cnnn1)N1CC2CC=CCC2C1. The molecule has 0 spiro atoms. The Morgan fingerprint density at radius 1 is 1.09 bits per heavy atom. The third-order valence-corrected chi connectivity index (χ3v) is 4.64. The summed E-state index contributed by atoms with van der Waals surface area (Å²) in [6.07, 6.45) is 8.17. The first-order valence-corrected chi connectivity index (χ1v) is 7.59. The topological polar surface area (TPSA) is 63.9 Å². The molecule has 1 aliphatic carbocycles. The minimum atomic E-state index is 0.0699. The van der Waals surface area contributed by atoms with Crippen molar-refractivity contribution >= 4 is 5.91 Å². The average molecular weight is 295 g/mol. The molecule has 2 aliphatic rings. The summed E-state index contributed by atoms with van der Waals surface area (Å²) in [5.74, 6) is 1.28. The monoisotopic (exact) mass is 295 g/mol. The fraction of sp³-hybridized carbons (Fsp3) is 0.375. The van der Waals surface area contributed by atoms with Crippen molar-refractivity contribution in [3.63, 3.8) is 0 Å². The van der Waals surface area contributed by atoms with Crippen LogP contribution in [-0.2, 0) is 0 Å². The van der Waals surface area contributed by atoms with Crippen molar-refractivity contribution in [1.29, 1.82) is 0 Å². The van der Waals surface area contributed by atoms with Crippen LogP contribution >= 0.6 is 0 Å². The fourth-order valence-electron chi connectivity index (χ4n) is 3.48. The second kappa shape index (κ2) is 5.36. The summed E-state index contributed by atoms with van der Waals surface area (Å²) >= 11 is 0. The molecule has 22 heavy (non-hydrogen) atoms. The van der Waals surface area contributed by atoms with Gasteiger partial charge in [-0.15, -0.1) is 5.10 Å². The van der Waals surface area contributed by atoms with Crippen LogP contribution in [0, 0.1) is 11.8 Å². The molecule has 2 heterocycles. The van der Waals surface area contributed by atoms with Crippen LogP contribution in [0.4, 0.5) is 0 Å². The number of hydrogen-bond donors (Lipinski definition) is 0. The number of likely N-dealkylation sites (tertiary alicyclic amines) is 1. The first kappa shape index (κ1) is 13.2. The van der Waals surface area contributed by atoms with E-state index in [0.717, 1.165) is 31.6 Å². The largest absolute Gasteiger partial charge is 0.338 e. The summed E-state index contributed by atoms with van der Waals surface area (Å²) in [4.78, 5) is 14.9. The van der Waals surface area contributed by atoms with Crippen molar-refractivity contribution in [2.75, 3.05) is 13.1 Å². The molecule has 1 aromatic carbocycles. The van der Waals surface area contributed by atoms with Crippen molar-refractivity contribution < 1.29 is 4.79 Å². The van der Waals surface area contributed by atoms with Crippen LogP contribution < -0.4 is 0 Å². The van der Waals surface area contributed by atoms with E-state index in [4.69, 9.17) is 0 Å². The highest BCUT2D eigenvalue weighted by Crippen LogP contribution is 2.33. The lowest BCUT2D eigenvalue weighted by atomic mass is 9.86. The fourth-order valence-corrected chi connectivity index (χ4v) is 3.48. The van der Waals surface area contributed by atoms with Crippen molar-refractivity contribution in [2.45, 2.75) is 12.8 Å². The van der Waals surface area contributed by atoms with Crippen LogP contribution in [0.2, 0.25) is 0 Å². The Bertz CT molecular complexity index is 693. The van der Waals surface area contributed by atoms with Gasteiger partial charge >= 0.3 is 0 Å². The number of nitrogens with zero attached hydrogens (tertiary/aromatic N) is 5. The summed E-state index contributed by atoms with van der Waals surface area (Å²) < 4.78 is 1.54. The highest BCUT2D eigenvalue weighted by Gasteiger charge is 2.35. The van der Waals surface area contributed by atoms with Crippen molar-refractivity contribution in [3.8, 4) is 5.69 Å². The molecule has 1 fully saturated rings. The number of rotatable bonds is 2. The maximum atomic E-state index is 12.9. The molecule has 1 saturated heterocycles. The molecule has 6 nitrogen and oxygen atoms in total. The summed E-state index contributed by atoms with van der Waals surface area (Å²) in [6.45, 7) is 1.69. The second-order valence-electron chi connectivity index (χ2n) is 5.94. The number of carbonyl (C=O) groups excluding carboxylic acids is 1. The summed E-state index contributed by atoms with van der Waals surface area (Å²) in [6, 6.07) is 7.49. The zero-order valence-corrected chi connectivity index (χ0v) is 12.2. The summed E-state index contributed by atoms with van der Waals surface area (Å²) in [7, 11) is 0. The van der Waals surface area contributed by atoms with Crippen molar-refractivity contribution in [3.05, 3.63) is 48.3 Å². The van der Waals surface area contributed by atoms with Crippen molar-refractivity contribution in [1.82, 2.24) is 25.1 Å². The number of carbonyl (C=O) groups is 1. The van der Waals surface area contributed by atoms with Gasteiger partial charge in [-0.3, -0.25) is 4.79 Å². The Morgan fingerprint density at radius 3 is 2.50 bits per heavy atom. The standard InChI is InChI=1S/C16H17N5O/c22-16(20-9-12-5-1-2-6-13(12)10-20)14-7-3-4-8-15(14)21-11-17-18-19-21/h1-4,7-8,11-13H,5-6,9-10H2. The number of amides is 1. The molecule has 1 aliphatic heterocycles. The van der Waals surface area contributed by atoms with Crippen LogP contribution in [0.1, 0.15) is 23.2 Å². The molecule has 0 N–H and O–H groups in total. The zero-order valence-electron chi connectivity index (χ0n) is 12.2. The number of para-hydroxylation sites is 1. The minimum Gasteiger partial charge on any atom is -0.338 e. The van der Waals surface area contributed by atoms with Gasteiger partial charge in [0.25, 0.3) is 5.91 Å². The van der Waals surface area contributed by atoms with Gasteiger partial charge in [-0.05, 0) is 47.2 Å². The second-order valence-corrected chi connectivity index (χ2v) is 5.94. The average Bonchev–Trinajstić information content (AvgIpc) is 3.23. The van der Waals surface area contributed by atoms with E-state index in [1.54, 1.807) is 0 Å². The highest BCUT2D eigenvalue weighted by molar-refractivity contribution is 5.97. The number of fused-ring (bicyclic) bond motifs is 1. The molecule has 112 valence electrons. The molecule has 0 saturated carbocycles. The number of hydrogen-bond acceptors (Lipinski definition) is 4. The highest BCUT2D eigenvalue weighted by atomic mass is 16.2. The Balaban J connectivity index is 1.62. The lowest BCUT2D eigenvalue weighted by Crippen LogP contribution is -2.30. The quantitative estimate of drug-likeness (QED) is 0.791. The van der Waals surface area contributed by atoms with Gasteiger partial charge in [-0.25, -0.2) is 0 Å². The van der Waals surface area contributed by atoms with Gasteiger partial charge in [0.1, 0.15) is 6.33 Å². The van der Waals surface area contributed by atoms with Gasteiger partial charge in [0.2, 0.25) is 0 Å². The van der Waals surface area contributed by atoms with E-state index in [9.17, 15) is 4.79 Å². The first-order valence-electron chi connectivity index (χ1n) is 7.59. The van der Waals surface area contributed by atoms with E-state index in [1.165, 1.54) is 11.0 Å². The number of aromatic nitrogens is 4. The van der Waals surface area contributed by atoms with Crippen LogP contribution in [-0.4, -0.2) is 44.1 Å². The molecule has 2 atom stereocenters. The molecule has 1 amide bonds. The normalized spacial score (nSPS) is 23.5. The van der Waals surface area contributed by atoms with Gasteiger partial charge < -0.3 is 4.90 Å². The predicted molar refractivity (Wildman–Crippen MR) is 80.4 cm³/mol. The molecule has 1 aromatic heterocycles. The van der Waals surface area contributed by atoms with Gasteiger partial charge in [-0.1, -0.05) is 24.3 Å². The molecular weight excluding hydrogens is 278 g/mol. The van der Waals surface area contributed by atoms with Crippen LogP contribution in [0.25, 0.3) is 5.69 Å². The Kier molecular flexibility index (Phi) is 3.21. The first-order chi connectivity index (χ1) is 10.8.